The van der Waals surface area contributed by atoms with Gasteiger partial charge in [0.05, 0.1) is 25.6 Å². The van der Waals surface area contributed by atoms with Crippen LogP contribution in [0, 0.1) is 5.92 Å². The quantitative estimate of drug-likeness (QED) is 0.810. The number of amides is 1. The van der Waals surface area contributed by atoms with Crippen LogP contribution in [0.4, 0.5) is 4.79 Å². The zero-order valence-corrected chi connectivity index (χ0v) is 16.8. The van der Waals surface area contributed by atoms with Gasteiger partial charge in [0.2, 0.25) is 0 Å². The summed E-state index contributed by atoms with van der Waals surface area (Å²) in [7, 11) is 0. The molecule has 0 spiro atoms. The maximum Gasteiger partial charge on any atom is 0.408 e. The zero-order chi connectivity index (χ0) is 20.0. The van der Waals surface area contributed by atoms with Crippen LogP contribution < -0.4 is 5.32 Å². The molecular formula is C22H29N3O3. The van der Waals surface area contributed by atoms with Crippen LogP contribution in [0.5, 0.6) is 0 Å². The van der Waals surface area contributed by atoms with Gasteiger partial charge < -0.3 is 19.4 Å². The highest BCUT2D eigenvalue weighted by atomic mass is 16.6. The molecule has 6 nitrogen and oxygen atoms in total. The van der Waals surface area contributed by atoms with Crippen LogP contribution in [0.15, 0.2) is 55.1 Å². The monoisotopic (exact) mass is 383 g/mol. The number of benzene rings is 1. The van der Waals surface area contributed by atoms with Gasteiger partial charge in [-0.15, -0.1) is 0 Å². The Labute approximate surface area is 166 Å². The molecule has 0 fully saturated rings. The molecule has 0 radical (unpaired) electrons. The van der Waals surface area contributed by atoms with Crippen LogP contribution in [0.3, 0.4) is 0 Å². The number of nitrogens with one attached hydrogen (secondary N) is 1. The van der Waals surface area contributed by atoms with Crippen molar-refractivity contribution in [2.45, 2.75) is 51.9 Å². The maximum atomic E-state index is 12.1. The number of nitrogens with zero attached hydrogens (tertiary/aromatic N) is 2. The van der Waals surface area contributed by atoms with E-state index in [0.29, 0.717) is 13.2 Å². The lowest BCUT2D eigenvalue weighted by atomic mass is 9.90. The minimum absolute atomic E-state index is 0.0716. The van der Waals surface area contributed by atoms with Crippen molar-refractivity contribution in [1.82, 2.24) is 14.9 Å². The maximum absolute atomic E-state index is 12.1. The summed E-state index contributed by atoms with van der Waals surface area (Å²) in [6.45, 7) is 6.80. The van der Waals surface area contributed by atoms with Crippen molar-refractivity contribution in [3.63, 3.8) is 0 Å². The van der Waals surface area contributed by atoms with E-state index in [1.54, 1.807) is 12.5 Å². The fourth-order valence-corrected chi connectivity index (χ4v) is 3.30. The Balaban J connectivity index is 1.64. The van der Waals surface area contributed by atoms with Gasteiger partial charge in [-0.1, -0.05) is 30.3 Å². The predicted octanol–water partition coefficient (Wildman–Crippen LogP) is 4.24. The minimum atomic E-state index is -0.510. The zero-order valence-electron chi connectivity index (χ0n) is 16.8. The van der Waals surface area contributed by atoms with Crippen LogP contribution in [0.1, 0.15) is 39.2 Å². The molecule has 0 saturated heterocycles. The van der Waals surface area contributed by atoms with Crippen molar-refractivity contribution in [3.05, 3.63) is 60.7 Å². The largest absolute Gasteiger partial charge is 0.444 e. The lowest BCUT2D eigenvalue weighted by Crippen LogP contribution is -2.40. The first-order valence-corrected chi connectivity index (χ1v) is 9.72. The molecule has 1 aromatic heterocycles. The molecule has 1 N–H and O–H groups in total. The van der Waals surface area contributed by atoms with Gasteiger partial charge in [0.1, 0.15) is 5.60 Å². The Morgan fingerprint density at radius 1 is 1.25 bits per heavy atom. The van der Waals surface area contributed by atoms with Gasteiger partial charge in [-0.3, -0.25) is 0 Å². The first-order valence-electron chi connectivity index (χ1n) is 9.72. The molecule has 6 heteroatoms. The van der Waals surface area contributed by atoms with Gasteiger partial charge in [-0.25, -0.2) is 9.78 Å². The van der Waals surface area contributed by atoms with Crippen molar-refractivity contribution in [3.8, 4) is 0 Å². The van der Waals surface area contributed by atoms with E-state index in [1.165, 1.54) is 0 Å². The number of ether oxygens (including phenoxy) is 2. The molecule has 1 heterocycles. The second-order valence-corrected chi connectivity index (χ2v) is 8.09. The number of imidazole rings is 1. The lowest BCUT2D eigenvalue weighted by molar-refractivity contribution is 0.0506. The highest BCUT2D eigenvalue weighted by Crippen LogP contribution is 2.29. The summed E-state index contributed by atoms with van der Waals surface area (Å²) in [5.41, 5.74) is 1.75. The Morgan fingerprint density at radius 2 is 2.04 bits per heavy atom. The van der Waals surface area contributed by atoms with E-state index in [2.05, 4.69) is 28.5 Å². The summed E-state index contributed by atoms with van der Waals surface area (Å²) in [5.74, 6) is 0.245. The average molecular weight is 383 g/mol. The normalized spacial score (nSPS) is 19.8. The average Bonchev–Trinajstić information content (AvgIpc) is 3.16. The molecular weight excluding hydrogens is 354 g/mol. The van der Waals surface area contributed by atoms with E-state index in [1.807, 2.05) is 49.7 Å². The van der Waals surface area contributed by atoms with E-state index in [0.717, 1.165) is 24.1 Å². The van der Waals surface area contributed by atoms with Crippen LogP contribution >= 0.6 is 0 Å². The first kappa shape index (κ1) is 20.1. The SMILES string of the molecule is CC(C)(C)OC(=O)NC1C=C(n2ccnc2)C(COCc2ccccc2)CC1. The highest BCUT2D eigenvalue weighted by Gasteiger charge is 2.26. The third kappa shape index (κ3) is 5.96. The highest BCUT2D eigenvalue weighted by molar-refractivity contribution is 5.69. The molecule has 2 atom stereocenters. The number of hydrogen-bond donors (Lipinski definition) is 1. The van der Waals surface area contributed by atoms with Crippen molar-refractivity contribution in [2.75, 3.05) is 6.61 Å². The van der Waals surface area contributed by atoms with E-state index >= 15 is 0 Å². The van der Waals surface area contributed by atoms with E-state index in [9.17, 15) is 4.79 Å². The topological polar surface area (TPSA) is 65.4 Å². The molecule has 1 amide bonds. The van der Waals surface area contributed by atoms with Gasteiger partial charge >= 0.3 is 6.09 Å². The van der Waals surface area contributed by atoms with Crippen molar-refractivity contribution in [1.29, 1.82) is 0 Å². The van der Waals surface area contributed by atoms with Gasteiger partial charge in [0.25, 0.3) is 0 Å². The Bertz CT molecular complexity index is 779. The van der Waals surface area contributed by atoms with Crippen molar-refractivity contribution in [2.24, 2.45) is 5.92 Å². The summed E-state index contributed by atoms with van der Waals surface area (Å²) in [5, 5.41) is 2.96. The molecule has 28 heavy (non-hydrogen) atoms. The lowest BCUT2D eigenvalue weighted by Gasteiger charge is -2.30. The van der Waals surface area contributed by atoms with Gasteiger partial charge in [-0.05, 0) is 45.3 Å². The molecule has 1 aliphatic rings. The second-order valence-electron chi connectivity index (χ2n) is 8.09. The second kappa shape index (κ2) is 9.06. The molecule has 3 rings (SSSR count). The van der Waals surface area contributed by atoms with Gasteiger partial charge in [-0.2, -0.15) is 0 Å². The number of aromatic nitrogens is 2. The van der Waals surface area contributed by atoms with E-state index < -0.39 is 11.7 Å². The summed E-state index contributed by atoms with van der Waals surface area (Å²) in [4.78, 5) is 16.3. The number of carbonyl (C=O) groups excluding carboxylic acids is 1. The van der Waals surface area contributed by atoms with E-state index in [4.69, 9.17) is 9.47 Å². The number of hydrogen-bond acceptors (Lipinski definition) is 4. The van der Waals surface area contributed by atoms with Gasteiger partial charge in [0, 0.05) is 24.0 Å². The Kier molecular flexibility index (Phi) is 6.52. The predicted molar refractivity (Wildman–Crippen MR) is 108 cm³/mol. The molecule has 150 valence electrons. The number of rotatable bonds is 6. The molecule has 1 aromatic carbocycles. The molecule has 2 unspecified atom stereocenters. The third-order valence-electron chi connectivity index (χ3n) is 4.55. The summed E-state index contributed by atoms with van der Waals surface area (Å²) in [6, 6.07) is 10.1. The fourth-order valence-electron chi connectivity index (χ4n) is 3.30. The van der Waals surface area contributed by atoms with Crippen LogP contribution in [-0.4, -0.2) is 33.9 Å². The molecule has 2 aromatic rings. The van der Waals surface area contributed by atoms with Crippen molar-refractivity contribution >= 4 is 11.8 Å². The molecule has 0 saturated carbocycles. The van der Waals surface area contributed by atoms with E-state index in [-0.39, 0.29) is 12.0 Å². The number of alkyl carbamates (subject to hydrolysis) is 1. The standard InChI is InChI=1S/C22H29N3O3/c1-22(2,3)28-21(26)24-19-10-9-18(20(13-19)25-12-11-23-16-25)15-27-14-17-7-5-4-6-8-17/h4-8,11-13,16,18-19H,9-10,14-15H2,1-3H3,(H,24,26). The van der Waals surface area contributed by atoms with Crippen LogP contribution in [-0.2, 0) is 16.1 Å². The Morgan fingerprint density at radius 3 is 2.71 bits per heavy atom. The summed E-state index contributed by atoms with van der Waals surface area (Å²) >= 11 is 0. The third-order valence-corrected chi connectivity index (χ3v) is 4.55. The van der Waals surface area contributed by atoms with Crippen LogP contribution in [0.2, 0.25) is 0 Å². The molecule has 1 aliphatic carbocycles. The van der Waals surface area contributed by atoms with Crippen molar-refractivity contribution < 1.29 is 14.3 Å². The molecule has 0 bridgehead atoms. The number of carbonyl (C=O) groups is 1. The van der Waals surface area contributed by atoms with Gasteiger partial charge in [0.15, 0.2) is 0 Å². The summed E-state index contributed by atoms with van der Waals surface area (Å²) in [6.07, 6.45) is 8.92. The minimum Gasteiger partial charge on any atom is -0.444 e. The molecule has 0 aliphatic heterocycles. The van der Waals surface area contributed by atoms with Crippen LogP contribution in [0.25, 0.3) is 5.70 Å². The summed E-state index contributed by atoms with van der Waals surface area (Å²) < 4.78 is 13.4. The Hall–Kier alpha value is -2.60. The fraction of sp³-hybridized carbons (Fsp3) is 0.455. The smallest absolute Gasteiger partial charge is 0.408 e. The first-order chi connectivity index (χ1) is 13.4.